The molecule has 0 amide bonds. The van der Waals surface area contributed by atoms with Crippen LogP contribution in [0.5, 0.6) is 0 Å². The molecule has 0 aliphatic heterocycles. The fourth-order valence-electron chi connectivity index (χ4n) is 1.93. The van der Waals surface area contributed by atoms with Gasteiger partial charge in [0, 0.05) is 16.5 Å². The Morgan fingerprint density at radius 3 is 2.67 bits per heavy atom. The van der Waals surface area contributed by atoms with Gasteiger partial charge in [-0.25, -0.2) is 0 Å². The number of unbranched alkanes of at least 4 members (excludes halogenated alkanes) is 1. The minimum Gasteiger partial charge on any atom is -0.398 e. The molecule has 0 fully saturated rings. The van der Waals surface area contributed by atoms with Gasteiger partial charge in [0.1, 0.15) is 0 Å². The molecular weight excluding hydrogens is 266 g/mol. The van der Waals surface area contributed by atoms with Crippen LogP contribution < -0.4 is 5.73 Å². The standard InChI is InChI=1S/C14H22ClNOS/c1-3-5-6-11(4-2)10-18(17)14-8-7-12(15)9-13(14)16/h7-9,11H,3-6,10,16H2,1-2H3. The van der Waals surface area contributed by atoms with E-state index in [9.17, 15) is 4.21 Å². The van der Waals surface area contributed by atoms with Crippen molar-refractivity contribution in [2.75, 3.05) is 11.5 Å². The summed E-state index contributed by atoms with van der Waals surface area (Å²) < 4.78 is 12.3. The molecule has 0 bridgehead atoms. The zero-order valence-electron chi connectivity index (χ0n) is 11.1. The van der Waals surface area contributed by atoms with Gasteiger partial charge in [-0.15, -0.1) is 0 Å². The van der Waals surface area contributed by atoms with Gasteiger partial charge in [-0.05, 0) is 30.5 Å². The number of hydrogen-bond donors (Lipinski definition) is 1. The number of benzene rings is 1. The maximum atomic E-state index is 12.3. The normalized spacial score (nSPS) is 14.4. The molecule has 0 saturated heterocycles. The minimum atomic E-state index is -1.02. The molecule has 1 rings (SSSR count). The van der Waals surface area contributed by atoms with Crippen LogP contribution in [0.1, 0.15) is 39.5 Å². The van der Waals surface area contributed by atoms with E-state index in [1.54, 1.807) is 18.2 Å². The lowest BCUT2D eigenvalue weighted by Crippen LogP contribution is -2.12. The van der Waals surface area contributed by atoms with Gasteiger partial charge in [0.15, 0.2) is 0 Å². The van der Waals surface area contributed by atoms with Crippen LogP contribution in [0.3, 0.4) is 0 Å². The van der Waals surface area contributed by atoms with Crippen LogP contribution in [0.2, 0.25) is 5.02 Å². The van der Waals surface area contributed by atoms with E-state index >= 15 is 0 Å². The number of hydrogen-bond acceptors (Lipinski definition) is 2. The second-order valence-electron chi connectivity index (χ2n) is 4.61. The summed E-state index contributed by atoms with van der Waals surface area (Å²) in [4.78, 5) is 0.717. The molecular formula is C14H22ClNOS. The van der Waals surface area contributed by atoms with Crippen LogP contribution in [-0.2, 0) is 10.8 Å². The molecule has 0 radical (unpaired) electrons. The fraction of sp³-hybridized carbons (Fsp3) is 0.571. The number of nitrogen functional groups attached to an aromatic ring is 1. The average molecular weight is 288 g/mol. The Hall–Kier alpha value is -0.540. The topological polar surface area (TPSA) is 43.1 Å². The fourth-order valence-corrected chi connectivity index (χ4v) is 3.66. The van der Waals surface area contributed by atoms with E-state index in [2.05, 4.69) is 13.8 Å². The summed E-state index contributed by atoms with van der Waals surface area (Å²) in [6.07, 6.45) is 4.60. The Balaban J connectivity index is 2.68. The van der Waals surface area contributed by atoms with Gasteiger partial charge >= 0.3 is 0 Å². The van der Waals surface area contributed by atoms with Crippen LogP contribution in [0, 0.1) is 5.92 Å². The highest BCUT2D eigenvalue weighted by molar-refractivity contribution is 7.85. The van der Waals surface area contributed by atoms with E-state index < -0.39 is 10.8 Å². The number of nitrogens with two attached hydrogens (primary N) is 1. The van der Waals surface area contributed by atoms with E-state index in [1.165, 1.54) is 12.8 Å². The van der Waals surface area contributed by atoms with E-state index in [-0.39, 0.29) is 0 Å². The van der Waals surface area contributed by atoms with Crippen molar-refractivity contribution < 1.29 is 4.21 Å². The third kappa shape index (κ3) is 4.62. The molecule has 0 aromatic heterocycles. The predicted octanol–water partition coefficient (Wildman–Crippen LogP) is 4.25. The molecule has 4 heteroatoms. The van der Waals surface area contributed by atoms with Crippen molar-refractivity contribution in [3.63, 3.8) is 0 Å². The van der Waals surface area contributed by atoms with Gasteiger partial charge < -0.3 is 5.73 Å². The molecule has 2 unspecified atom stereocenters. The lowest BCUT2D eigenvalue weighted by Gasteiger charge is -2.14. The van der Waals surface area contributed by atoms with Gasteiger partial charge in [0.05, 0.1) is 15.7 Å². The van der Waals surface area contributed by atoms with Crippen LogP contribution in [0.25, 0.3) is 0 Å². The van der Waals surface area contributed by atoms with Crippen LogP contribution in [0.15, 0.2) is 23.1 Å². The highest BCUT2D eigenvalue weighted by Crippen LogP contribution is 2.24. The molecule has 2 nitrogen and oxygen atoms in total. The second-order valence-corrected chi connectivity index (χ2v) is 6.51. The van der Waals surface area contributed by atoms with Crippen LogP contribution in [0.4, 0.5) is 5.69 Å². The first-order chi connectivity index (χ1) is 8.58. The molecule has 0 heterocycles. The maximum absolute atomic E-state index is 12.3. The highest BCUT2D eigenvalue weighted by atomic mass is 35.5. The average Bonchev–Trinajstić information content (AvgIpc) is 2.34. The third-order valence-electron chi connectivity index (χ3n) is 3.15. The summed E-state index contributed by atoms with van der Waals surface area (Å²) >= 11 is 5.84. The largest absolute Gasteiger partial charge is 0.398 e. The van der Waals surface area contributed by atoms with Crippen molar-refractivity contribution in [1.29, 1.82) is 0 Å². The summed E-state index contributed by atoms with van der Waals surface area (Å²) in [6.45, 7) is 4.34. The first-order valence-corrected chi connectivity index (χ1v) is 8.21. The first kappa shape index (κ1) is 15.5. The molecule has 18 heavy (non-hydrogen) atoms. The summed E-state index contributed by atoms with van der Waals surface area (Å²) in [5, 5.41) is 0.589. The Labute approximate surface area is 117 Å². The number of halogens is 1. The van der Waals surface area contributed by atoms with Crippen molar-refractivity contribution in [3.8, 4) is 0 Å². The Bertz CT molecular complexity index is 409. The Morgan fingerprint density at radius 1 is 1.39 bits per heavy atom. The van der Waals surface area contributed by atoms with Crippen molar-refractivity contribution in [2.24, 2.45) is 5.92 Å². The quantitative estimate of drug-likeness (QED) is 0.762. The van der Waals surface area contributed by atoms with Gasteiger partial charge in [-0.3, -0.25) is 4.21 Å². The molecule has 1 aromatic carbocycles. The lowest BCUT2D eigenvalue weighted by atomic mass is 10.0. The summed E-state index contributed by atoms with van der Waals surface area (Å²) in [5.41, 5.74) is 6.40. The van der Waals surface area contributed by atoms with E-state index in [1.807, 2.05) is 0 Å². The first-order valence-electron chi connectivity index (χ1n) is 6.51. The van der Waals surface area contributed by atoms with Crippen molar-refractivity contribution >= 4 is 28.1 Å². The zero-order chi connectivity index (χ0) is 13.5. The molecule has 0 spiro atoms. The summed E-state index contributed by atoms with van der Waals surface area (Å²) in [6, 6.07) is 5.19. The zero-order valence-corrected chi connectivity index (χ0v) is 12.7. The van der Waals surface area contributed by atoms with Gasteiger partial charge in [-0.2, -0.15) is 0 Å². The second kappa shape index (κ2) is 7.80. The van der Waals surface area contributed by atoms with E-state index in [4.69, 9.17) is 17.3 Å². The molecule has 2 atom stereocenters. The van der Waals surface area contributed by atoms with Gasteiger partial charge in [0.25, 0.3) is 0 Å². The Morgan fingerprint density at radius 2 is 2.11 bits per heavy atom. The predicted molar refractivity (Wildman–Crippen MR) is 80.4 cm³/mol. The molecule has 1 aromatic rings. The molecule has 0 aliphatic carbocycles. The van der Waals surface area contributed by atoms with Gasteiger partial charge in [-0.1, -0.05) is 44.7 Å². The summed E-state index contributed by atoms with van der Waals surface area (Å²) in [7, 11) is -1.02. The minimum absolute atomic E-state index is 0.515. The van der Waals surface area contributed by atoms with Crippen molar-refractivity contribution in [2.45, 2.75) is 44.4 Å². The van der Waals surface area contributed by atoms with Crippen LogP contribution >= 0.6 is 11.6 Å². The lowest BCUT2D eigenvalue weighted by molar-refractivity contribution is 0.494. The highest BCUT2D eigenvalue weighted by Gasteiger charge is 2.14. The molecule has 0 saturated carbocycles. The number of rotatable bonds is 7. The van der Waals surface area contributed by atoms with Crippen LogP contribution in [-0.4, -0.2) is 9.96 Å². The molecule has 2 N–H and O–H groups in total. The Kier molecular flexibility index (Phi) is 6.72. The van der Waals surface area contributed by atoms with Gasteiger partial charge in [0.2, 0.25) is 0 Å². The molecule has 0 aliphatic rings. The van der Waals surface area contributed by atoms with E-state index in [0.29, 0.717) is 27.3 Å². The van der Waals surface area contributed by atoms with Crippen molar-refractivity contribution in [1.82, 2.24) is 0 Å². The monoisotopic (exact) mass is 287 g/mol. The third-order valence-corrected chi connectivity index (χ3v) is 5.02. The SMILES string of the molecule is CCCCC(CC)CS(=O)c1ccc(Cl)cc1N. The maximum Gasteiger partial charge on any atom is 0.0618 e. The smallest absolute Gasteiger partial charge is 0.0618 e. The summed E-state index contributed by atoms with van der Waals surface area (Å²) in [5.74, 6) is 1.21. The van der Waals surface area contributed by atoms with E-state index in [0.717, 1.165) is 12.8 Å². The number of anilines is 1. The molecule has 102 valence electrons. The van der Waals surface area contributed by atoms with Crippen molar-refractivity contribution in [3.05, 3.63) is 23.2 Å².